The lowest BCUT2D eigenvalue weighted by molar-refractivity contribution is -0.0191. The number of nitrogens with two attached hydrogens (primary N) is 1. The van der Waals surface area contributed by atoms with E-state index in [9.17, 15) is 5.11 Å². The Kier molecular flexibility index (Phi) is 6.11. The number of aliphatic hydroxyl groups is 1. The molecule has 0 radical (unpaired) electrons. The Morgan fingerprint density at radius 2 is 1.92 bits per heavy atom. The van der Waals surface area contributed by atoms with Gasteiger partial charge < -0.3 is 20.1 Å². The highest BCUT2D eigenvalue weighted by Gasteiger charge is 2.32. The molecule has 0 bridgehead atoms. The van der Waals surface area contributed by atoms with Gasteiger partial charge in [-0.05, 0) is 26.8 Å². The normalized spacial score (nSPS) is 13.1. The molecule has 6 nitrogen and oxygen atoms in total. The highest BCUT2D eigenvalue weighted by molar-refractivity contribution is 6.06. The Hall–Kier alpha value is -1.89. The van der Waals surface area contributed by atoms with E-state index in [0.717, 1.165) is 28.7 Å². The first-order valence-electron chi connectivity index (χ1n) is 8.73. The Morgan fingerprint density at radius 1 is 1.23 bits per heavy atom. The van der Waals surface area contributed by atoms with E-state index in [1.54, 1.807) is 13.8 Å². The number of rotatable bonds is 6. The number of nitrogen functional groups attached to an aromatic ring is 1. The molecule has 3 N–H and O–H groups in total. The van der Waals surface area contributed by atoms with Crippen LogP contribution >= 0.6 is 12.4 Å². The summed E-state index contributed by atoms with van der Waals surface area (Å²) in [5, 5.41) is 11.8. The number of hydrogen-bond donors (Lipinski definition) is 2. The van der Waals surface area contributed by atoms with Gasteiger partial charge in [0.1, 0.15) is 11.3 Å². The molecule has 1 atom stereocenters. The van der Waals surface area contributed by atoms with E-state index in [4.69, 9.17) is 15.5 Å². The molecule has 7 heteroatoms. The van der Waals surface area contributed by atoms with Crippen molar-refractivity contribution < 1.29 is 9.84 Å². The molecule has 0 aliphatic rings. The van der Waals surface area contributed by atoms with E-state index in [-0.39, 0.29) is 18.4 Å². The maximum Gasteiger partial charge on any atom is 0.152 e. The molecule has 0 saturated heterocycles. The van der Waals surface area contributed by atoms with Crippen LogP contribution in [0.2, 0.25) is 0 Å². The van der Waals surface area contributed by atoms with E-state index in [2.05, 4.69) is 9.55 Å². The second-order valence-electron chi connectivity index (χ2n) is 6.79. The van der Waals surface area contributed by atoms with Crippen LogP contribution in [0.3, 0.4) is 0 Å². The van der Waals surface area contributed by atoms with Crippen LogP contribution in [0, 0.1) is 0 Å². The fourth-order valence-corrected chi connectivity index (χ4v) is 3.28. The Labute approximate surface area is 159 Å². The zero-order chi connectivity index (χ0) is 18.2. The molecule has 26 heavy (non-hydrogen) atoms. The van der Waals surface area contributed by atoms with Crippen molar-refractivity contribution >= 4 is 40.2 Å². The van der Waals surface area contributed by atoms with Gasteiger partial charge in [0.25, 0.3) is 0 Å². The van der Waals surface area contributed by atoms with Gasteiger partial charge in [0.15, 0.2) is 5.82 Å². The first-order chi connectivity index (χ1) is 11.9. The topological polar surface area (TPSA) is 86.2 Å². The summed E-state index contributed by atoms with van der Waals surface area (Å²) < 4.78 is 7.77. The molecule has 0 unspecified atom stereocenters. The maximum atomic E-state index is 10.8. The lowest BCUT2D eigenvalue weighted by Crippen LogP contribution is -2.37. The van der Waals surface area contributed by atoms with Crippen LogP contribution in [-0.2, 0) is 11.2 Å². The summed E-state index contributed by atoms with van der Waals surface area (Å²) in [5.41, 5.74) is 7.62. The minimum absolute atomic E-state index is 0. The molecule has 0 amide bonds. The Balaban J connectivity index is 0.00000243. The smallest absolute Gasteiger partial charge is 0.152 e. The van der Waals surface area contributed by atoms with Crippen molar-refractivity contribution in [3.05, 3.63) is 30.1 Å². The molecular formula is C19H27ClN4O2. The molecule has 0 aliphatic heterocycles. The van der Waals surface area contributed by atoms with Gasteiger partial charge in [-0.15, -0.1) is 12.4 Å². The van der Waals surface area contributed by atoms with Crippen molar-refractivity contribution in [1.82, 2.24) is 14.5 Å². The molecule has 3 rings (SSSR count). The van der Waals surface area contributed by atoms with Crippen molar-refractivity contribution in [3.63, 3.8) is 0 Å². The Morgan fingerprint density at radius 3 is 2.54 bits per heavy atom. The predicted molar refractivity (Wildman–Crippen MR) is 108 cm³/mol. The third kappa shape index (κ3) is 3.49. The Bertz CT molecular complexity index is 902. The highest BCUT2D eigenvalue weighted by Crippen LogP contribution is 2.34. The van der Waals surface area contributed by atoms with Crippen LogP contribution in [-0.4, -0.2) is 38.5 Å². The number of imidazole rings is 1. The van der Waals surface area contributed by atoms with Crippen molar-refractivity contribution in [2.24, 2.45) is 0 Å². The van der Waals surface area contributed by atoms with Gasteiger partial charge in [-0.1, -0.05) is 25.1 Å². The van der Waals surface area contributed by atoms with Crippen molar-refractivity contribution in [2.45, 2.75) is 45.8 Å². The van der Waals surface area contributed by atoms with Crippen molar-refractivity contribution in [3.8, 4) is 0 Å². The molecule has 1 aromatic carbocycles. The number of benzene rings is 1. The third-order valence-electron chi connectivity index (χ3n) is 4.55. The maximum absolute atomic E-state index is 10.8. The summed E-state index contributed by atoms with van der Waals surface area (Å²) in [6.07, 6.45) is 0.723. The molecule has 0 spiro atoms. The van der Waals surface area contributed by atoms with E-state index in [1.165, 1.54) is 0 Å². The number of halogens is 1. The van der Waals surface area contributed by atoms with Crippen LogP contribution in [0.15, 0.2) is 24.3 Å². The van der Waals surface area contributed by atoms with Gasteiger partial charge in [0.05, 0.1) is 29.3 Å². The van der Waals surface area contributed by atoms with Gasteiger partial charge >= 0.3 is 0 Å². The number of pyridine rings is 1. The second-order valence-corrected chi connectivity index (χ2v) is 6.79. The first-order valence-corrected chi connectivity index (χ1v) is 8.73. The van der Waals surface area contributed by atoms with Crippen LogP contribution in [0.5, 0.6) is 0 Å². The molecule has 2 heterocycles. The average molecular weight is 379 g/mol. The van der Waals surface area contributed by atoms with Crippen molar-refractivity contribution in [2.75, 3.05) is 18.9 Å². The zero-order valence-electron chi connectivity index (χ0n) is 15.7. The van der Waals surface area contributed by atoms with E-state index in [1.807, 2.05) is 38.1 Å². The summed E-state index contributed by atoms with van der Waals surface area (Å²) in [4.78, 5) is 9.22. The first kappa shape index (κ1) is 20.4. The van der Waals surface area contributed by atoms with Gasteiger partial charge in [0, 0.05) is 18.4 Å². The standard InChI is InChI=1S/C19H26N4O2.ClH/c1-5-15-22-16-17(12-9-7-8-10-13(12)21-18(16)20)23(15)14(11-25-6-2)19(3,4)24;/h7-10,14,24H,5-6,11H2,1-4H3,(H2,20,21);1H/t14-;/m1./s1. The minimum atomic E-state index is -0.980. The number of anilines is 1. The lowest BCUT2D eigenvalue weighted by atomic mass is 9.98. The summed E-state index contributed by atoms with van der Waals surface area (Å²) in [7, 11) is 0. The predicted octanol–water partition coefficient (Wildman–Crippen LogP) is 3.50. The zero-order valence-corrected chi connectivity index (χ0v) is 16.5. The van der Waals surface area contributed by atoms with E-state index < -0.39 is 5.60 Å². The third-order valence-corrected chi connectivity index (χ3v) is 4.55. The van der Waals surface area contributed by atoms with E-state index in [0.29, 0.717) is 24.5 Å². The number of aryl methyl sites for hydroxylation is 1. The molecular weight excluding hydrogens is 352 g/mol. The quantitative estimate of drug-likeness (QED) is 0.685. The second kappa shape index (κ2) is 7.78. The summed E-state index contributed by atoms with van der Waals surface area (Å²) in [5.74, 6) is 1.28. The molecule has 2 aromatic heterocycles. The highest BCUT2D eigenvalue weighted by atomic mass is 35.5. The molecule has 0 aliphatic carbocycles. The van der Waals surface area contributed by atoms with Crippen LogP contribution in [0.25, 0.3) is 21.9 Å². The van der Waals surface area contributed by atoms with Crippen LogP contribution in [0.1, 0.15) is 39.6 Å². The summed E-state index contributed by atoms with van der Waals surface area (Å²) in [6, 6.07) is 7.59. The monoisotopic (exact) mass is 378 g/mol. The number of aromatic nitrogens is 3. The van der Waals surface area contributed by atoms with Gasteiger partial charge in [-0.2, -0.15) is 0 Å². The van der Waals surface area contributed by atoms with Crippen LogP contribution in [0.4, 0.5) is 5.82 Å². The fraction of sp³-hybridized carbons (Fsp3) is 0.474. The number of nitrogens with zero attached hydrogens (tertiary/aromatic N) is 3. The number of ether oxygens (including phenoxy) is 1. The molecule has 0 saturated carbocycles. The fourth-order valence-electron chi connectivity index (χ4n) is 3.28. The summed E-state index contributed by atoms with van der Waals surface area (Å²) in [6.45, 7) is 8.58. The van der Waals surface area contributed by atoms with Crippen molar-refractivity contribution in [1.29, 1.82) is 0 Å². The molecule has 3 aromatic rings. The summed E-state index contributed by atoms with van der Waals surface area (Å²) >= 11 is 0. The van der Waals surface area contributed by atoms with Crippen LogP contribution < -0.4 is 5.73 Å². The SMILES string of the molecule is CCOC[C@@H](n1c(CC)nc2c(N)nc3ccccc3c21)C(C)(C)O.Cl. The average Bonchev–Trinajstić information content (AvgIpc) is 2.94. The lowest BCUT2D eigenvalue weighted by Gasteiger charge is -2.32. The molecule has 0 fully saturated rings. The largest absolute Gasteiger partial charge is 0.388 e. The number of hydrogen-bond acceptors (Lipinski definition) is 5. The van der Waals surface area contributed by atoms with Gasteiger partial charge in [-0.25, -0.2) is 9.97 Å². The number of para-hydroxylation sites is 1. The minimum Gasteiger partial charge on any atom is -0.388 e. The van der Waals surface area contributed by atoms with Gasteiger partial charge in [-0.3, -0.25) is 0 Å². The number of fused-ring (bicyclic) bond motifs is 3. The van der Waals surface area contributed by atoms with Gasteiger partial charge in [0.2, 0.25) is 0 Å². The van der Waals surface area contributed by atoms with E-state index >= 15 is 0 Å². The molecule has 142 valence electrons.